The summed E-state index contributed by atoms with van der Waals surface area (Å²) in [4.78, 5) is 27.4. The topological polar surface area (TPSA) is 76.1 Å². The van der Waals surface area contributed by atoms with E-state index >= 15 is 0 Å². The second-order valence-corrected chi connectivity index (χ2v) is 7.08. The van der Waals surface area contributed by atoms with E-state index in [0.29, 0.717) is 46.3 Å². The number of halogens is 1. The lowest BCUT2D eigenvalue weighted by atomic mass is 9.88. The first-order valence-corrected chi connectivity index (χ1v) is 9.33. The molecule has 0 spiro atoms. The van der Waals surface area contributed by atoms with E-state index in [0.717, 1.165) is 0 Å². The zero-order valence-electron chi connectivity index (χ0n) is 16.0. The molecule has 1 heterocycles. The van der Waals surface area contributed by atoms with Crippen LogP contribution in [-0.4, -0.2) is 37.6 Å². The molecule has 148 valence electrons. The maximum absolute atomic E-state index is 13.0. The molecule has 1 aliphatic heterocycles. The number of nitrogens with zero attached hydrogens (tertiary/aromatic N) is 1. The van der Waals surface area contributed by atoms with Crippen LogP contribution in [0.3, 0.4) is 0 Å². The Morgan fingerprint density at radius 1 is 1.14 bits per heavy atom. The van der Waals surface area contributed by atoms with Gasteiger partial charge in [0.2, 0.25) is 0 Å². The molecular formula is C21H22ClNO5. The van der Waals surface area contributed by atoms with Crippen molar-refractivity contribution in [2.75, 3.05) is 25.7 Å². The number of hydrogen-bond acceptors (Lipinski definition) is 5. The van der Waals surface area contributed by atoms with Crippen molar-refractivity contribution >= 4 is 29.0 Å². The van der Waals surface area contributed by atoms with Gasteiger partial charge in [-0.05, 0) is 42.8 Å². The number of carbonyl (C=O) groups is 2. The molecule has 0 aromatic heterocycles. The van der Waals surface area contributed by atoms with Crippen LogP contribution >= 0.6 is 11.6 Å². The Labute approximate surface area is 168 Å². The maximum atomic E-state index is 13.0. The van der Waals surface area contributed by atoms with Gasteiger partial charge in [0.25, 0.3) is 5.91 Å². The lowest BCUT2D eigenvalue weighted by molar-refractivity contribution is -0.135. The third-order valence-corrected chi connectivity index (χ3v) is 5.10. The minimum atomic E-state index is -1.96. The average molecular weight is 404 g/mol. The maximum Gasteiger partial charge on any atom is 0.264 e. The first kappa shape index (κ1) is 20.2. The quantitative estimate of drug-likeness (QED) is 0.715. The minimum absolute atomic E-state index is 0.316. The molecule has 0 aliphatic carbocycles. The Morgan fingerprint density at radius 2 is 1.86 bits per heavy atom. The van der Waals surface area contributed by atoms with Gasteiger partial charge in [0.15, 0.2) is 22.9 Å². The number of ether oxygens (including phenoxy) is 2. The summed E-state index contributed by atoms with van der Waals surface area (Å²) in [6, 6.07) is 9.64. The molecule has 1 N–H and O–H groups in total. The molecule has 28 heavy (non-hydrogen) atoms. The van der Waals surface area contributed by atoms with Gasteiger partial charge < -0.3 is 19.5 Å². The lowest BCUT2D eigenvalue weighted by Crippen LogP contribution is -2.42. The summed E-state index contributed by atoms with van der Waals surface area (Å²) in [5, 5.41) is 11.7. The summed E-state index contributed by atoms with van der Waals surface area (Å²) in [6.45, 7) is 2.38. The van der Waals surface area contributed by atoms with Crippen molar-refractivity contribution in [3.63, 3.8) is 0 Å². The number of hydrogen-bond donors (Lipinski definition) is 1. The minimum Gasteiger partial charge on any atom is -0.493 e. The zero-order valence-corrected chi connectivity index (χ0v) is 16.7. The fourth-order valence-electron chi connectivity index (χ4n) is 3.48. The molecule has 7 heteroatoms. The third-order valence-electron chi connectivity index (χ3n) is 4.86. The molecule has 0 radical (unpaired) electrons. The molecule has 0 unspecified atom stereocenters. The highest BCUT2D eigenvalue weighted by Crippen LogP contribution is 2.44. The van der Waals surface area contributed by atoms with Crippen molar-refractivity contribution in [2.24, 2.45) is 0 Å². The van der Waals surface area contributed by atoms with Crippen LogP contribution in [0, 0.1) is 0 Å². The van der Waals surface area contributed by atoms with Crippen LogP contribution in [0.1, 0.15) is 35.7 Å². The van der Waals surface area contributed by atoms with Crippen LogP contribution in [-0.2, 0) is 10.4 Å². The van der Waals surface area contributed by atoms with Crippen molar-refractivity contribution in [2.45, 2.75) is 25.4 Å². The van der Waals surface area contributed by atoms with E-state index in [4.69, 9.17) is 21.1 Å². The molecule has 0 saturated carbocycles. The van der Waals surface area contributed by atoms with Gasteiger partial charge in [-0.15, -0.1) is 0 Å². The van der Waals surface area contributed by atoms with Crippen LogP contribution in [0.2, 0.25) is 5.02 Å². The molecule has 3 rings (SSSR count). The van der Waals surface area contributed by atoms with Crippen LogP contribution in [0.15, 0.2) is 36.4 Å². The number of rotatable bonds is 7. The molecule has 1 aliphatic rings. The summed E-state index contributed by atoms with van der Waals surface area (Å²) in [5.74, 6) is -0.0170. The van der Waals surface area contributed by atoms with E-state index in [1.165, 1.54) is 25.2 Å². The second-order valence-electron chi connectivity index (χ2n) is 6.65. The third kappa shape index (κ3) is 3.34. The largest absolute Gasteiger partial charge is 0.493 e. The molecule has 2 aromatic rings. The highest BCUT2D eigenvalue weighted by Gasteiger charge is 2.50. The van der Waals surface area contributed by atoms with Crippen LogP contribution in [0.25, 0.3) is 0 Å². The number of ketones is 1. The fourth-order valence-corrected chi connectivity index (χ4v) is 3.66. The van der Waals surface area contributed by atoms with E-state index < -0.39 is 17.9 Å². The van der Waals surface area contributed by atoms with E-state index in [1.54, 1.807) is 30.3 Å². The Bertz CT molecular complexity index is 929. The normalized spacial score (nSPS) is 18.2. The van der Waals surface area contributed by atoms with Gasteiger partial charge in [0.1, 0.15) is 0 Å². The van der Waals surface area contributed by atoms with Crippen LogP contribution in [0.5, 0.6) is 11.5 Å². The Kier molecular flexibility index (Phi) is 5.63. The molecule has 6 nitrogen and oxygen atoms in total. The summed E-state index contributed by atoms with van der Waals surface area (Å²) in [6.07, 6.45) is 0.322. The van der Waals surface area contributed by atoms with Crippen molar-refractivity contribution < 1.29 is 24.2 Å². The van der Waals surface area contributed by atoms with Crippen molar-refractivity contribution in [3.05, 3.63) is 52.5 Å². The number of Topliss-reactive ketones (excluding diaryl/α,β-unsaturated/α-hetero) is 1. The number of aliphatic hydroxyl groups is 1. The Hall–Kier alpha value is -2.57. The average Bonchev–Trinajstić information content (AvgIpc) is 2.89. The van der Waals surface area contributed by atoms with E-state index in [2.05, 4.69) is 0 Å². The van der Waals surface area contributed by atoms with Crippen molar-refractivity contribution in [1.29, 1.82) is 0 Å². The van der Waals surface area contributed by atoms with E-state index in [1.807, 2.05) is 6.92 Å². The first-order chi connectivity index (χ1) is 13.3. The number of anilines is 1. The zero-order chi connectivity index (χ0) is 20.5. The SMILES string of the molecule is CCCN1C(=O)[C@@](O)(CC(=O)c2ccc(OC)c(OC)c2)c2cc(Cl)ccc21. The van der Waals surface area contributed by atoms with E-state index in [9.17, 15) is 14.7 Å². The summed E-state index contributed by atoms with van der Waals surface area (Å²) in [5.41, 5.74) is -0.706. The first-order valence-electron chi connectivity index (χ1n) is 8.95. The Morgan fingerprint density at radius 3 is 2.50 bits per heavy atom. The van der Waals surface area contributed by atoms with Crippen LogP contribution < -0.4 is 14.4 Å². The number of methoxy groups -OCH3 is 2. The predicted octanol–water partition coefficient (Wildman–Crippen LogP) is 3.57. The smallest absolute Gasteiger partial charge is 0.264 e. The summed E-state index contributed by atoms with van der Waals surface area (Å²) >= 11 is 6.09. The van der Waals surface area contributed by atoms with Gasteiger partial charge in [-0.3, -0.25) is 9.59 Å². The molecule has 1 atom stereocenters. The molecule has 0 bridgehead atoms. The fraction of sp³-hybridized carbons (Fsp3) is 0.333. The van der Waals surface area contributed by atoms with E-state index in [-0.39, 0.29) is 5.78 Å². The van der Waals surface area contributed by atoms with Gasteiger partial charge in [-0.25, -0.2) is 0 Å². The van der Waals surface area contributed by atoms with Crippen molar-refractivity contribution in [1.82, 2.24) is 0 Å². The van der Waals surface area contributed by atoms with Gasteiger partial charge in [-0.1, -0.05) is 18.5 Å². The number of amides is 1. The molecule has 0 saturated heterocycles. The number of carbonyl (C=O) groups excluding carboxylic acids is 2. The molecule has 0 fully saturated rings. The Balaban J connectivity index is 1.98. The molecule has 2 aromatic carbocycles. The van der Waals surface area contributed by atoms with Gasteiger partial charge in [0, 0.05) is 22.7 Å². The standard InChI is InChI=1S/C21H22ClNO5/c1-4-9-23-16-7-6-14(22)11-15(16)21(26,20(23)25)12-17(24)13-5-8-18(27-2)19(10-13)28-3/h5-8,10-11,26H,4,9,12H2,1-3H3/t21-/m1/s1. The lowest BCUT2D eigenvalue weighted by Gasteiger charge is -2.22. The second kappa shape index (κ2) is 7.81. The molecule has 1 amide bonds. The van der Waals surface area contributed by atoms with Gasteiger partial charge in [-0.2, -0.15) is 0 Å². The number of benzene rings is 2. The highest BCUT2D eigenvalue weighted by molar-refractivity contribution is 6.31. The van der Waals surface area contributed by atoms with Crippen molar-refractivity contribution in [3.8, 4) is 11.5 Å². The van der Waals surface area contributed by atoms with Crippen LogP contribution in [0.4, 0.5) is 5.69 Å². The number of fused-ring (bicyclic) bond motifs is 1. The summed E-state index contributed by atoms with van der Waals surface area (Å²) < 4.78 is 10.4. The molecular weight excluding hydrogens is 382 g/mol. The van der Waals surface area contributed by atoms with Gasteiger partial charge in [0.05, 0.1) is 26.3 Å². The monoisotopic (exact) mass is 403 g/mol. The van der Waals surface area contributed by atoms with Gasteiger partial charge >= 0.3 is 0 Å². The predicted molar refractivity (Wildman–Crippen MR) is 106 cm³/mol. The summed E-state index contributed by atoms with van der Waals surface area (Å²) in [7, 11) is 2.98. The highest BCUT2D eigenvalue weighted by atomic mass is 35.5.